The molecule has 0 amide bonds. The summed E-state index contributed by atoms with van der Waals surface area (Å²) < 4.78 is 160. The predicted octanol–water partition coefficient (Wildman–Crippen LogP) is 10.1. The van der Waals surface area contributed by atoms with Gasteiger partial charge in [0, 0.05) is 17.2 Å². The maximum absolute atomic E-state index is 14.9. The molecular formula is C35H21F11O2. The van der Waals surface area contributed by atoms with E-state index in [1.165, 1.54) is 0 Å². The van der Waals surface area contributed by atoms with Crippen LogP contribution >= 0.6 is 0 Å². The summed E-state index contributed by atoms with van der Waals surface area (Å²) in [4.78, 5) is 0. The Morgan fingerprint density at radius 2 is 1.21 bits per heavy atom. The first-order valence-electron chi connectivity index (χ1n) is 14.0. The van der Waals surface area contributed by atoms with E-state index in [1.54, 1.807) is 0 Å². The van der Waals surface area contributed by atoms with Gasteiger partial charge in [-0.05, 0) is 73.0 Å². The lowest BCUT2D eigenvalue weighted by Gasteiger charge is -2.19. The van der Waals surface area contributed by atoms with Crippen LogP contribution in [0.25, 0.3) is 0 Å². The van der Waals surface area contributed by atoms with Gasteiger partial charge in [-0.15, -0.1) is 13.2 Å². The van der Waals surface area contributed by atoms with Crippen LogP contribution in [0.2, 0.25) is 0 Å². The fourth-order valence-electron chi connectivity index (χ4n) is 4.28. The third kappa shape index (κ3) is 9.22. The lowest BCUT2D eigenvalue weighted by atomic mass is 10.0. The standard InChI is InChI=1S/C35H21F11O2/c1-2-3-4-5-21-15-28(37)25(29(38)16-21)12-7-20-8-13-26(30(39)14-20)34(42,43)47-24-11-10-23(27(36)19-24)9-6-22-17-31(40)33(32(41)18-22)48-35(44,45)46/h8,10-11,13-19H,2-5H2,1H3. The normalized spacial score (nSPS) is 11.3. The van der Waals surface area contributed by atoms with E-state index in [-0.39, 0.29) is 5.56 Å². The van der Waals surface area contributed by atoms with Crippen LogP contribution in [0.1, 0.15) is 59.6 Å². The van der Waals surface area contributed by atoms with E-state index < -0.39 is 81.1 Å². The molecule has 0 radical (unpaired) electrons. The van der Waals surface area contributed by atoms with Gasteiger partial charge < -0.3 is 9.47 Å². The van der Waals surface area contributed by atoms with Gasteiger partial charge in [0.05, 0.1) is 11.1 Å². The average molecular weight is 683 g/mol. The molecule has 0 saturated heterocycles. The van der Waals surface area contributed by atoms with Crippen LogP contribution in [-0.2, 0) is 12.5 Å². The van der Waals surface area contributed by atoms with Gasteiger partial charge in [0.2, 0.25) is 5.75 Å². The van der Waals surface area contributed by atoms with Crippen molar-refractivity contribution in [1.29, 1.82) is 0 Å². The lowest BCUT2D eigenvalue weighted by molar-refractivity contribution is -0.276. The third-order valence-corrected chi connectivity index (χ3v) is 6.53. The second kappa shape index (κ2) is 14.7. The Bertz CT molecular complexity index is 1900. The molecule has 0 aliphatic heterocycles. The summed E-state index contributed by atoms with van der Waals surface area (Å²) in [6.07, 6.45) is -6.69. The number of benzene rings is 4. The van der Waals surface area contributed by atoms with Gasteiger partial charge in [0.25, 0.3) is 0 Å². The molecule has 2 nitrogen and oxygen atoms in total. The second-order valence-electron chi connectivity index (χ2n) is 10.2. The van der Waals surface area contributed by atoms with Gasteiger partial charge in [-0.25, -0.2) is 26.3 Å². The van der Waals surface area contributed by atoms with Crippen molar-refractivity contribution in [2.24, 2.45) is 0 Å². The number of unbranched alkanes of at least 4 members (excludes halogenated alkanes) is 2. The molecule has 0 atom stereocenters. The first-order valence-corrected chi connectivity index (χ1v) is 14.0. The molecule has 4 aromatic carbocycles. The molecule has 13 heteroatoms. The number of ether oxygens (including phenoxy) is 2. The summed E-state index contributed by atoms with van der Waals surface area (Å²) in [6, 6.07) is 7.44. The van der Waals surface area contributed by atoms with Crippen LogP contribution < -0.4 is 9.47 Å². The van der Waals surface area contributed by atoms with Crippen molar-refractivity contribution in [2.75, 3.05) is 0 Å². The minimum absolute atomic E-state index is 0.186. The van der Waals surface area contributed by atoms with Crippen molar-refractivity contribution >= 4 is 0 Å². The predicted molar refractivity (Wildman–Crippen MR) is 152 cm³/mol. The average Bonchev–Trinajstić information content (AvgIpc) is 2.97. The third-order valence-electron chi connectivity index (χ3n) is 6.53. The highest BCUT2D eigenvalue weighted by Gasteiger charge is 2.38. The van der Waals surface area contributed by atoms with Crippen molar-refractivity contribution in [2.45, 2.75) is 45.1 Å². The highest BCUT2D eigenvalue weighted by molar-refractivity contribution is 5.48. The molecule has 0 aliphatic carbocycles. The van der Waals surface area contributed by atoms with E-state index in [4.69, 9.17) is 0 Å². The van der Waals surface area contributed by atoms with Gasteiger partial charge >= 0.3 is 12.5 Å². The molecule has 48 heavy (non-hydrogen) atoms. The van der Waals surface area contributed by atoms with Crippen LogP contribution in [0.4, 0.5) is 48.3 Å². The summed E-state index contributed by atoms with van der Waals surface area (Å²) in [5.41, 5.74) is -2.56. The molecule has 250 valence electrons. The molecule has 0 aliphatic rings. The zero-order valence-electron chi connectivity index (χ0n) is 24.6. The van der Waals surface area contributed by atoms with Crippen LogP contribution in [-0.4, -0.2) is 6.36 Å². The summed E-state index contributed by atoms with van der Waals surface area (Å²) in [7, 11) is 0. The molecule has 4 rings (SSSR count). The summed E-state index contributed by atoms with van der Waals surface area (Å²) >= 11 is 0. The summed E-state index contributed by atoms with van der Waals surface area (Å²) in [5.74, 6) is -1.71. The highest BCUT2D eigenvalue weighted by atomic mass is 19.4. The zero-order chi connectivity index (χ0) is 35.2. The molecule has 0 N–H and O–H groups in total. The second-order valence-corrected chi connectivity index (χ2v) is 10.2. The van der Waals surface area contributed by atoms with Crippen molar-refractivity contribution in [1.82, 2.24) is 0 Å². The Morgan fingerprint density at radius 3 is 1.79 bits per heavy atom. The molecule has 0 unspecified atom stereocenters. The Hall–Kier alpha value is -5.17. The number of aryl methyl sites for hydroxylation is 1. The first-order chi connectivity index (χ1) is 22.6. The molecule has 0 aromatic heterocycles. The maximum atomic E-state index is 14.9. The molecule has 4 aromatic rings. The summed E-state index contributed by atoms with van der Waals surface area (Å²) in [5, 5.41) is 0. The van der Waals surface area contributed by atoms with E-state index in [0.29, 0.717) is 42.3 Å². The topological polar surface area (TPSA) is 18.5 Å². The van der Waals surface area contributed by atoms with Crippen molar-refractivity contribution in [3.05, 3.63) is 129 Å². The minimum Gasteiger partial charge on any atom is -0.429 e. The van der Waals surface area contributed by atoms with Gasteiger partial charge in [-0.2, -0.15) is 8.78 Å². The molecule has 0 spiro atoms. The van der Waals surface area contributed by atoms with Crippen molar-refractivity contribution in [3.8, 4) is 35.2 Å². The van der Waals surface area contributed by atoms with Gasteiger partial charge in [-0.3, -0.25) is 0 Å². The Balaban J connectivity index is 1.48. The molecule has 0 saturated carbocycles. The number of hydrogen-bond donors (Lipinski definition) is 0. The van der Waals surface area contributed by atoms with E-state index in [2.05, 4.69) is 33.2 Å². The van der Waals surface area contributed by atoms with Crippen molar-refractivity contribution in [3.63, 3.8) is 0 Å². The molecule has 0 heterocycles. The molecule has 0 fully saturated rings. The van der Waals surface area contributed by atoms with Crippen LogP contribution in [0.3, 0.4) is 0 Å². The largest absolute Gasteiger partial charge is 0.573 e. The zero-order valence-corrected chi connectivity index (χ0v) is 24.6. The van der Waals surface area contributed by atoms with E-state index in [0.717, 1.165) is 49.6 Å². The van der Waals surface area contributed by atoms with Crippen LogP contribution in [0.5, 0.6) is 11.5 Å². The monoisotopic (exact) mass is 682 g/mol. The van der Waals surface area contributed by atoms with Crippen LogP contribution in [0, 0.1) is 58.6 Å². The molecular weight excluding hydrogens is 661 g/mol. The minimum atomic E-state index is -5.37. The van der Waals surface area contributed by atoms with Gasteiger partial charge in [-0.1, -0.05) is 43.4 Å². The lowest BCUT2D eigenvalue weighted by Crippen LogP contribution is -2.23. The number of hydrogen-bond acceptors (Lipinski definition) is 2. The number of alkyl halides is 5. The first kappa shape index (κ1) is 35.7. The SMILES string of the molecule is CCCCCc1cc(F)c(C#Cc2ccc(C(F)(F)Oc3ccc(C#Cc4cc(F)c(OC(F)(F)F)c(F)c4)c(F)c3)c(F)c2)c(F)c1. The number of rotatable bonds is 8. The Kier molecular flexibility index (Phi) is 10.9. The quantitative estimate of drug-likeness (QED) is 0.105. The van der Waals surface area contributed by atoms with Crippen molar-refractivity contribution < 1.29 is 57.8 Å². The highest BCUT2D eigenvalue weighted by Crippen LogP contribution is 2.34. The smallest absolute Gasteiger partial charge is 0.429 e. The van der Waals surface area contributed by atoms with E-state index in [9.17, 15) is 48.3 Å². The summed E-state index contributed by atoms with van der Waals surface area (Å²) in [6.45, 7) is 1.98. The Morgan fingerprint density at radius 1 is 0.583 bits per heavy atom. The number of halogens is 11. The fraction of sp³-hybridized carbons (Fsp3) is 0.200. The maximum Gasteiger partial charge on any atom is 0.573 e. The van der Waals surface area contributed by atoms with E-state index >= 15 is 0 Å². The molecule has 0 bridgehead atoms. The van der Waals surface area contributed by atoms with Gasteiger partial charge in [0.1, 0.15) is 34.6 Å². The van der Waals surface area contributed by atoms with E-state index in [1.807, 2.05) is 6.92 Å². The van der Waals surface area contributed by atoms with Gasteiger partial charge in [0.15, 0.2) is 11.6 Å². The Labute approximate surface area is 267 Å². The van der Waals surface area contributed by atoms with Crippen LogP contribution in [0.15, 0.2) is 60.7 Å². The fourth-order valence-corrected chi connectivity index (χ4v) is 4.28.